The molecule has 30 heavy (non-hydrogen) atoms. The molecule has 0 unspecified atom stereocenters. The Morgan fingerprint density at radius 2 is 1.93 bits per heavy atom. The molecule has 0 radical (unpaired) electrons. The third-order valence-corrected chi connectivity index (χ3v) is 5.12. The Labute approximate surface area is 173 Å². The van der Waals surface area contributed by atoms with E-state index in [1.54, 1.807) is 4.68 Å². The van der Waals surface area contributed by atoms with Crippen LogP contribution in [0.25, 0.3) is 10.9 Å². The average Bonchev–Trinajstić information content (AvgIpc) is 3.17. The number of pyridine rings is 1. The number of benzene rings is 2. The molecule has 2 N–H and O–H groups in total. The van der Waals surface area contributed by atoms with Crippen LogP contribution in [-0.2, 0) is 19.6 Å². The van der Waals surface area contributed by atoms with Gasteiger partial charge in [-0.25, -0.2) is 4.68 Å². The monoisotopic (exact) mass is 404 g/mol. The summed E-state index contributed by atoms with van der Waals surface area (Å²) in [4.78, 5) is 17.6. The number of fused-ring (bicyclic) bond motifs is 1. The third kappa shape index (κ3) is 4.45. The fourth-order valence-corrected chi connectivity index (χ4v) is 3.56. The molecular formula is C22H24N6O2. The molecule has 0 amide bonds. The minimum atomic E-state index is -0.122. The van der Waals surface area contributed by atoms with Crippen LogP contribution in [0.2, 0.25) is 0 Å². The van der Waals surface area contributed by atoms with Crippen LogP contribution in [0.15, 0.2) is 59.4 Å². The molecule has 4 aromatic rings. The standard InChI is InChI=1S/C22H24N6O2/c1-16-6-5-9-18-12-19(22(30)23-21(16)18)14-27(10-11-29)15-20-24-25-26-28(20)13-17-7-3-2-4-8-17/h2-9,12,29H,10-11,13-15H2,1H3,(H,23,30). The highest BCUT2D eigenvalue weighted by molar-refractivity contribution is 5.81. The number of rotatable bonds is 8. The fourth-order valence-electron chi connectivity index (χ4n) is 3.56. The summed E-state index contributed by atoms with van der Waals surface area (Å²) in [6, 6.07) is 17.8. The van der Waals surface area contributed by atoms with Crippen molar-refractivity contribution < 1.29 is 5.11 Å². The van der Waals surface area contributed by atoms with Crippen molar-refractivity contribution in [3.63, 3.8) is 0 Å². The van der Waals surface area contributed by atoms with Crippen molar-refractivity contribution in [2.24, 2.45) is 0 Å². The first-order chi connectivity index (χ1) is 14.6. The minimum Gasteiger partial charge on any atom is -0.395 e. The van der Waals surface area contributed by atoms with Gasteiger partial charge in [0.05, 0.1) is 25.2 Å². The zero-order chi connectivity index (χ0) is 20.9. The smallest absolute Gasteiger partial charge is 0.252 e. The molecule has 8 heteroatoms. The Hall–Kier alpha value is -3.36. The highest BCUT2D eigenvalue weighted by Crippen LogP contribution is 2.16. The van der Waals surface area contributed by atoms with Gasteiger partial charge in [0.15, 0.2) is 5.82 Å². The van der Waals surface area contributed by atoms with Crippen molar-refractivity contribution in [1.29, 1.82) is 0 Å². The lowest BCUT2D eigenvalue weighted by Crippen LogP contribution is -2.30. The lowest BCUT2D eigenvalue weighted by atomic mass is 10.1. The number of aliphatic hydroxyl groups excluding tert-OH is 1. The number of aromatic amines is 1. The second-order valence-corrected chi connectivity index (χ2v) is 7.34. The van der Waals surface area contributed by atoms with E-state index >= 15 is 0 Å². The van der Waals surface area contributed by atoms with Crippen molar-refractivity contribution in [3.05, 3.63) is 87.5 Å². The van der Waals surface area contributed by atoms with Gasteiger partial charge in [-0.1, -0.05) is 48.5 Å². The Balaban J connectivity index is 1.56. The SMILES string of the molecule is Cc1cccc2cc(CN(CCO)Cc3nnnn3Cc3ccccc3)c(=O)[nH]c12. The predicted molar refractivity (Wildman–Crippen MR) is 114 cm³/mol. The van der Waals surface area contributed by atoms with Gasteiger partial charge in [0, 0.05) is 18.7 Å². The van der Waals surface area contributed by atoms with E-state index < -0.39 is 0 Å². The molecule has 0 aliphatic carbocycles. The molecule has 0 fully saturated rings. The third-order valence-electron chi connectivity index (χ3n) is 5.12. The second kappa shape index (κ2) is 8.98. The molecule has 4 rings (SSSR count). The van der Waals surface area contributed by atoms with E-state index in [0.717, 1.165) is 22.0 Å². The lowest BCUT2D eigenvalue weighted by molar-refractivity contribution is 0.179. The van der Waals surface area contributed by atoms with Crippen LogP contribution in [0.3, 0.4) is 0 Å². The summed E-state index contributed by atoms with van der Waals surface area (Å²) in [5.41, 5.74) is 3.50. The number of nitrogens with zero attached hydrogens (tertiary/aromatic N) is 5. The van der Waals surface area contributed by atoms with Crippen LogP contribution in [0, 0.1) is 6.92 Å². The van der Waals surface area contributed by atoms with E-state index in [-0.39, 0.29) is 12.2 Å². The molecule has 2 aromatic heterocycles. The number of nitrogens with one attached hydrogen (secondary N) is 1. The van der Waals surface area contributed by atoms with Gasteiger partial charge in [0.25, 0.3) is 5.56 Å². The number of aromatic nitrogens is 5. The summed E-state index contributed by atoms with van der Waals surface area (Å²) in [6.45, 7) is 3.73. The number of para-hydroxylation sites is 1. The number of hydrogen-bond donors (Lipinski definition) is 2. The van der Waals surface area contributed by atoms with Gasteiger partial charge in [-0.15, -0.1) is 5.10 Å². The van der Waals surface area contributed by atoms with Crippen molar-refractivity contribution in [2.75, 3.05) is 13.2 Å². The summed E-state index contributed by atoms with van der Waals surface area (Å²) in [7, 11) is 0. The Morgan fingerprint density at radius 3 is 2.73 bits per heavy atom. The van der Waals surface area contributed by atoms with E-state index in [4.69, 9.17) is 0 Å². The highest BCUT2D eigenvalue weighted by atomic mass is 16.3. The molecule has 2 aromatic carbocycles. The lowest BCUT2D eigenvalue weighted by Gasteiger charge is -2.20. The van der Waals surface area contributed by atoms with Crippen molar-refractivity contribution in [3.8, 4) is 0 Å². The van der Waals surface area contributed by atoms with Gasteiger partial charge < -0.3 is 10.1 Å². The molecule has 0 saturated carbocycles. The number of aryl methyl sites for hydroxylation is 1. The normalized spacial score (nSPS) is 11.4. The van der Waals surface area contributed by atoms with Gasteiger partial charge >= 0.3 is 0 Å². The quantitative estimate of drug-likeness (QED) is 0.465. The summed E-state index contributed by atoms with van der Waals surface area (Å²) < 4.78 is 1.74. The first-order valence-corrected chi connectivity index (χ1v) is 9.88. The van der Waals surface area contributed by atoms with Crippen LogP contribution in [0.1, 0.15) is 22.5 Å². The maximum absolute atomic E-state index is 12.6. The molecule has 8 nitrogen and oxygen atoms in total. The molecule has 0 saturated heterocycles. The molecule has 0 aliphatic rings. The molecule has 2 heterocycles. The number of tetrazole rings is 1. The second-order valence-electron chi connectivity index (χ2n) is 7.34. The maximum Gasteiger partial charge on any atom is 0.252 e. The van der Waals surface area contributed by atoms with E-state index in [1.807, 2.05) is 66.4 Å². The van der Waals surface area contributed by atoms with Gasteiger partial charge in [-0.3, -0.25) is 9.69 Å². The molecule has 0 spiro atoms. The summed E-state index contributed by atoms with van der Waals surface area (Å²) >= 11 is 0. The Morgan fingerprint density at radius 1 is 1.10 bits per heavy atom. The summed E-state index contributed by atoms with van der Waals surface area (Å²) in [5.74, 6) is 0.681. The largest absolute Gasteiger partial charge is 0.395 e. The molecule has 0 bridgehead atoms. The van der Waals surface area contributed by atoms with Gasteiger partial charge in [-0.05, 0) is 39.9 Å². The molecule has 0 atom stereocenters. The van der Waals surface area contributed by atoms with Crippen molar-refractivity contribution in [2.45, 2.75) is 26.6 Å². The first-order valence-electron chi connectivity index (χ1n) is 9.88. The van der Waals surface area contributed by atoms with E-state index in [9.17, 15) is 9.90 Å². The molecule has 0 aliphatic heterocycles. The van der Waals surface area contributed by atoms with Gasteiger partial charge in [0.2, 0.25) is 0 Å². The zero-order valence-corrected chi connectivity index (χ0v) is 16.8. The molecule has 154 valence electrons. The first kappa shape index (κ1) is 19.9. The van der Waals surface area contributed by atoms with E-state index in [2.05, 4.69) is 20.5 Å². The van der Waals surface area contributed by atoms with Gasteiger partial charge in [-0.2, -0.15) is 0 Å². The van der Waals surface area contributed by atoms with E-state index in [1.165, 1.54) is 0 Å². The van der Waals surface area contributed by atoms with Crippen molar-refractivity contribution >= 4 is 10.9 Å². The van der Waals surface area contributed by atoms with Gasteiger partial charge in [0.1, 0.15) is 0 Å². The number of H-pyrrole nitrogens is 1. The Kier molecular flexibility index (Phi) is 5.97. The minimum absolute atomic E-state index is 0.0230. The summed E-state index contributed by atoms with van der Waals surface area (Å²) in [6.07, 6.45) is 0. The van der Waals surface area contributed by atoms with Crippen LogP contribution in [0.4, 0.5) is 0 Å². The number of hydrogen-bond acceptors (Lipinski definition) is 6. The van der Waals surface area contributed by atoms with Crippen molar-refractivity contribution in [1.82, 2.24) is 30.1 Å². The highest BCUT2D eigenvalue weighted by Gasteiger charge is 2.15. The van der Waals surface area contributed by atoms with Crippen LogP contribution < -0.4 is 5.56 Å². The van der Waals surface area contributed by atoms with E-state index in [0.29, 0.717) is 37.6 Å². The maximum atomic E-state index is 12.6. The number of aliphatic hydroxyl groups is 1. The van der Waals surface area contributed by atoms with Crippen LogP contribution in [0.5, 0.6) is 0 Å². The zero-order valence-electron chi connectivity index (χ0n) is 16.8. The predicted octanol–water partition coefficient (Wildman–Crippen LogP) is 1.87. The summed E-state index contributed by atoms with van der Waals surface area (Å²) in [5, 5.41) is 22.6. The molecular weight excluding hydrogens is 380 g/mol. The van der Waals surface area contributed by atoms with Crippen LogP contribution >= 0.6 is 0 Å². The average molecular weight is 404 g/mol. The fraction of sp³-hybridized carbons (Fsp3) is 0.273. The topological polar surface area (TPSA) is 99.9 Å². The van der Waals surface area contributed by atoms with Crippen LogP contribution in [-0.4, -0.2) is 48.3 Å². The Bertz CT molecular complexity index is 1190.